The van der Waals surface area contributed by atoms with Crippen LogP contribution < -0.4 is 9.54 Å². The first-order valence-corrected chi connectivity index (χ1v) is 10.3. The predicted octanol–water partition coefficient (Wildman–Crippen LogP) is 5.49. The molecule has 0 bridgehead atoms. The lowest BCUT2D eigenvalue weighted by Gasteiger charge is -2.06. The van der Waals surface area contributed by atoms with Gasteiger partial charge in [0.05, 0.1) is 16.8 Å². The number of para-hydroxylation sites is 1. The summed E-state index contributed by atoms with van der Waals surface area (Å²) in [5.74, 6) is 3.62. The summed E-state index contributed by atoms with van der Waals surface area (Å²) < 4.78 is 8.80. The average molecular weight is 413 g/mol. The van der Waals surface area contributed by atoms with Crippen LogP contribution in [0.25, 0.3) is 10.2 Å². The van der Waals surface area contributed by atoms with Gasteiger partial charge in [-0.15, -0.1) is 6.42 Å². The van der Waals surface area contributed by atoms with Gasteiger partial charge < -0.3 is 9.30 Å². The smallest absolute Gasteiger partial charge is 0.279 e. The molecule has 4 aromatic rings. The molecule has 148 valence electrons. The number of amides is 1. The van der Waals surface area contributed by atoms with Gasteiger partial charge in [-0.1, -0.05) is 41.5 Å². The minimum absolute atomic E-state index is 0.334. The molecule has 1 heterocycles. The Morgan fingerprint density at radius 2 is 1.77 bits per heavy atom. The molecular weight excluding hydrogens is 392 g/mol. The maximum Gasteiger partial charge on any atom is 0.279 e. The zero-order valence-corrected chi connectivity index (χ0v) is 17.6. The molecule has 0 atom stereocenters. The average Bonchev–Trinajstić information content (AvgIpc) is 3.05. The molecule has 5 heteroatoms. The number of hydrogen-bond donors (Lipinski definition) is 0. The number of ether oxygens (including phenoxy) is 1. The maximum atomic E-state index is 12.9. The fourth-order valence-electron chi connectivity index (χ4n) is 3.12. The second kappa shape index (κ2) is 8.40. The summed E-state index contributed by atoms with van der Waals surface area (Å²) in [6.45, 7) is 4.48. The first-order valence-electron chi connectivity index (χ1n) is 9.51. The van der Waals surface area contributed by atoms with Crippen LogP contribution >= 0.6 is 11.3 Å². The molecule has 0 saturated carbocycles. The van der Waals surface area contributed by atoms with E-state index in [4.69, 9.17) is 11.2 Å². The molecule has 0 saturated heterocycles. The van der Waals surface area contributed by atoms with Crippen LogP contribution in [-0.4, -0.2) is 10.5 Å². The SMILES string of the molecule is C#CCn1c(=NC(=O)c2cccc(Oc3ccccc3)c2)sc2cc(C)c(C)cc21. The lowest BCUT2D eigenvalue weighted by atomic mass is 10.1. The Morgan fingerprint density at radius 3 is 2.53 bits per heavy atom. The third-order valence-corrected chi connectivity index (χ3v) is 5.85. The molecule has 4 nitrogen and oxygen atoms in total. The van der Waals surface area contributed by atoms with Gasteiger partial charge in [0.25, 0.3) is 5.91 Å². The zero-order chi connectivity index (χ0) is 21.1. The maximum absolute atomic E-state index is 12.9. The molecule has 0 radical (unpaired) electrons. The Morgan fingerprint density at radius 1 is 1.03 bits per heavy atom. The van der Waals surface area contributed by atoms with Crippen LogP contribution in [0.2, 0.25) is 0 Å². The summed E-state index contributed by atoms with van der Waals surface area (Å²) in [5, 5.41) is 0. The van der Waals surface area contributed by atoms with Crippen molar-refractivity contribution in [2.45, 2.75) is 20.4 Å². The molecule has 0 aliphatic carbocycles. The molecule has 0 N–H and O–H groups in total. The topological polar surface area (TPSA) is 43.6 Å². The van der Waals surface area contributed by atoms with Crippen molar-refractivity contribution in [1.82, 2.24) is 4.57 Å². The molecule has 1 aromatic heterocycles. The first-order chi connectivity index (χ1) is 14.5. The summed E-state index contributed by atoms with van der Waals surface area (Å²) in [7, 11) is 0. The second-order valence-corrected chi connectivity index (χ2v) is 7.95. The number of thiazole rings is 1. The minimum atomic E-state index is -0.334. The Labute approximate surface area is 179 Å². The minimum Gasteiger partial charge on any atom is -0.457 e. The van der Waals surface area contributed by atoms with Crippen LogP contribution in [0.4, 0.5) is 0 Å². The summed E-state index contributed by atoms with van der Waals surface area (Å²) in [6.07, 6.45) is 5.57. The Bertz CT molecular complexity index is 1340. The van der Waals surface area contributed by atoms with Gasteiger partial charge in [-0.05, 0) is 67.4 Å². The van der Waals surface area contributed by atoms with Gasteiger partial charge in [0.2, 0.25) is 0 Å². The van der Waals surface area contributed by atoms with E-state index in [-0.39, 0.29) is 5.91 Å². The van der Waals surface area contributed by atoms with Crippen molar-refractivity contribution < 1.29 is 9.53 Å². The van der Waals surface area contributed by atoms with Crippen molar-refractivity contribution >= 4 is 27.5 Å². The van der Waals surface area contributed by atoms with Crippen LogP contribution in [0.5, 0.6) is 11.5 Å². The molecule has 0 spiro atoms. The lowest BCUT2D eigenvalue weighted by Crippen LogP contribution is -2.16. The Balaban J connectivity index is 1.72. The van der Waals surface area contributed by atoms with E-state index >= 15 is 0 Å². The summed E-state index contributed by atoms with van der Waals surface area (Å²) >= 11 is 1.47. The second-order valence-electron chi connectivity index (χ2n) is 6.94. The van der Waals surface area contributed by atoms with Gasteiger partial charge in [-0.25, -0.2) is 0 Å². The van der Waals surface area contributed by atoms with Crippen molar-refractivity contribution in [3.63, 3.8) is 0 Å². The molecule has 30 heavy (non-hydrogen) atoms. The van der Waals surface area contributed by atoms with Gasteiger partial charge in [0, 0.05) is 5.56 Å². The molecular formula is C25H20N2O2S. The third-order valence-electron chi connectivity index (χ3n) is 4.80. The first kappa shape index (κ1) is 19.7. The third kappa shape index (κ3) is 4.05. The quantitative estimate of drug-likeness (QED) is 0.416. The highest BCUT2D eigenvalue weighted by Crippen LogP contribution is 2.23. The molecule has 0 aliphatic rings. The highest BCUT2D eigenvalue weighted by molar-refractivity contribution is 7.16. The van der Waals surface area contributed by atoms with Gasteiger partial charge in [0.1, 0.15) is 11.5 Å². The number of hydrogen-bond acceptors (Lipinski definition) is 3. The van der Waals surface area contributed by atoms with E-state index < -0.39 is 0 Å². The predicted molar refractivity (Wildman–Crippen MR) is 121 cm³/mol. The van der Waals surface area contributed by atoms with Gasteiger partial charge in [0.15, 0.2) is 4.80 Å². The van der Waals surface area contributed by atoms with Crippen molar-refractivity contribution in [1.29, 1.82) is 0 Å². The highest BCUT2D eigenvalue weighted by Gasteiger charge is 2.11. The molecule has 0 fully saturated rings. The lowest BCUT2D eigenvalue weighted by molar-refractivity contribution is 0.0997. The van der Waals surface area contributed by atoms with Crippen LogP contribution in [0.1, 0.15) is 21.5 Å². The number of fused-ring (bicyclic) bond motifs is 1. The number of aromatic nitrogens is 1. The summed E-state index contributed by atoms with van der Waals surface area (Å²) in [5.41, 5.74) is 3.82. The number of carbonyl (C=O) groups excluding carboxylic acids is 1. The standard InChI is InChI=1S/C25H20N2O2S/c1-4-13-27-22-14-17(2)18(3)15-23(22)30-25(27)26-24(28)19-9-8-12-21(16-19)29-20-10-6-5-7-11-20/h1,5-12,14-16H,13H2,2-3H3. The molecule has 3 aromatic carbocycles. The van der Waals surface area contributed by atoms with Gasteiger partial charge in [-0.3, -0.25) is 4.79 Å². The van der Waals surface area contributed by atoms with Crippen molar-refractivity contribution in [2.75, 3.05) is 0 Å². The van der Waals surface area contributed by atoms with E-state index in [1.54, 1.807) is 18.2 Å². The van der Waals surface area contributed by atoms with E-state index in [0.717, 1.165) is 10.2 Å². The van der Waals surface area contributed by atoms with Crippen LogP contribution in [0.15, 0.2) is 71.7 Å². The van der Waals surface area contributed by atoms with Crippen LogP contribution in [0.3, 0.4) is 0 Å². The number of rotatable bonds is 4. The molecule has 1 amide bonds. The van der Waals surface area contributed by atoms with Crippen LogP contribution in [-0.2, 0) is 6.54 Å². The van der Waals surface area contributed by atoms with Gasteiger partial charge in [-0.2, -0.15) is 4.99 Å². The Hall–Kier alpha value is -3.62. The molecule has 0 aliphatic heterocycles. The number of benzene rings is 3. The van der Waals surface area contributed by atoms with E-state index in [1.165, 1.54) is 22.5 Å². The number of terminal acetylenes is 1. The van der Waals surface area contributed by atoms with Crippen LogP contribution in [0, 0.1) is 26.2 Å². The normalized spacial score (nSPS) is 11.4. The molecule has 4 rings (SSSR count). The van der Waals surface area contributed by atoms with E-state index in [2.05, 4.69) is 36.9 Å². The number of carbonyl (C=O) groups is 1. The van der Waals surface area contributed by atoms with Crippen molar-refractivity contribution in [3.05, 3.63) is 88.2 Å². The van der Waals surface area contributed by atoms with E-state index in [1.807, 2.05) is 41.0 Å². The summed E-state index contributed by atoms with van der Waals surface area (Å²) in [6, 6.07) is 20.7. The zero-order valence-electron chi connectivity index (χ0n) is 16.8. The van der Waals surface area contributed by atoms with Crippen molar-refractivity contribution in [2.24, 2.45) is 4.99 Å². The van der Waals surface area contributed by atoms with Crippen molar-refractivity contribution in [3.8, 4) is 23.8 Å². The fourth-order valence-corrected chi connectivity index (χ4v) is 4.23. The monoisotopic (exact) mass is 412 g/mol. The van der Waals surface area contributed by atoms with Gasteiger partial charge >= 0.3 is 0 Å². The highest BCUT2D eigenvalue weighted by atomic mass is 32.1. The fraction of sp³-hybridized carbons (Fsp3) is 0.120. The van der Waals surface area contributed by atoms with E-state index in [0.29, 0.717) is 28.4 Å². The molecule has 0 unspecified atom stereocenters. The Kier molecular flexibility index (Phi) is 5.51. The number of nitrogens with zero attached hydrogens (tertiary/aromatic N) is 2. The van der Waals surface area contributed by atoms with E-state index in [9.17, 15) is 4.79 Å². The number of aryl methyl sites for hydroxylation is 2. The summed E-state index contributed by atoms with van der Waals surface area (Å²) in [4.78, 5) is 17.9. The largest absolute Gasteiger partial charge is 0.457 e.